The van der Waals surface area contributed by atoms with Crippen molar-refractivity contribution >= 4 is 17.3 Å². The fourth-order valence-electron chi connectivity index (χ4n) is 2.55. The molecule has 0 saturated carbocycles. The van der Waals surface area contributed by atoms with Crippen LogP contribution in [0.4, 0.5) is 18.9 Å². The number of piperidine rings is 1. The fraction of sp³-hybridized carbons (Fsp3) is 0.571. The van der Waals surface area contributed by atoms with Crippen LogP contribution in [0, 0.1) is 0 Å². The summed E-state index contributed by atoms with van der Waals surface area (Å²) in [7, 11) is 0. The first-order valence-electron chi connectivity index (χ1n) is 6.77. The number of nitrogens with zero attached hydrogens (tertiary/aromatic N) is 1. The van der Waals surface area contributed by atoms with Gasteiger partial charge >= 0.3 is 6.18 Å². The molecule has 0 amide bonds. The molecule has 1 N–H and O–H groups in total. The number of benzene rings is 1. The summed E-state index contributed by atoms with van der Waals surface area (Å²) in [5, 5.41) is 3.56. The number of hydrogen-bond donors (Lipinski definition) is 1. The Labute approximate surface area is 121 Å². The number of alkyl halides is 3. The third kappa shape index (κ3) is 3.58. The maximum absolute atomic E-state index is 12.6. The highest BCUT2D eigenvalue weighted by atomic mass is 35.5. The van der Waals surface area contributed by atoms with E-state index in [9.17, 15) is 13.2 Å². The lowest BCUT2D eigenvalue weighted by atomic mass is 10.0. The van der Waals surface area contributed by atoms with E-state index in [0.29, 0.717) is 11.7 Å². The molecule has 0 radical (unpaired) electrons. The average molecular weight is 307 g/mol. The predicted molar refractivity (Wildman–Crippen MR) is 75.4 cm³/mol. The number of hydrogen-bond acceptors (Lipinski definition) is 2. The molecule has 6 heteroatoms. The van der Waals surface area contributed by atoms with Crippen molar-refractivity contribution in [1.29, 1.82) is 0 Å². The summed E-state index contributed by atoms with van der Waals surface area (Å²) in [5.41, 5.74) is -0.0107. The van der Waals surface area contributed by atoms with E-state index in [-0.39, 0.29) is 5.02 Å². The second kappa shape index (κ2) is 6.22. The van der Waals surface area contributed by atoms with Gasteiger partial charge in [-0.05, 0) is 37.6 Å². The molecule has 0 aliphatic carbocycles. The molecule has 1 aliphatic heterocycles. The second-order valence-corrected chi connectivity index (χ2v) is 5.39. The highest BCUT2D eigenvalue weighted by Gasteiger charge is 2.31. The molecule has 0 bridgehead atoms. The summed E-state index contributed by atoms with van der Waals surface area (Å²) in [6, 6.07) is 4.06. The lowest BCUT2D eigenvalue weighted by Gasteiger charge is -2.34. The van der Waals surface area contributed by atoms with Crippen molar-refractivity contribution < 1.29 is 13.2 Å². The maximum Gasteiger partial charge on any atom is 0.416 e. The Kier molecular flexibility index (Phi) is 4.81. The van der Waals surface area contributed by atoms with E-state index < -0.39 is 11.7 Å². The summed E-state index contributed by atoms with van der Waals surface area (Å²) in [5.74, 6) is 0. The molecule has 2 nitrogen and oxygen atoms in total. The fourth-order valence-corrected chi connectivity index (χ4v) is 2.85. The molecule has 0 spiro atoms. The molecule has 112 valence electrons. The quantitative estimate of drug-likeness (QED) is 0.910. The number of anilines is 1. The van der Waals surface area contributed by atoms with E-state index in [1.54, 1.807) is 0 Å². The highest BCUT2D eigenvalue weighted by Crippen LogP contribution is 2.35. The standard InChI is InChI=1S/C14H18ClF3N2/c1-2-19-11-5-7-20(8-6-11)13-4-3-10(9-12(13)15)14(16,17)18/h3-4,9,11,19H,2,5-8H2,1H3. The Balaban J connectivity index is 2.07. The van der Waals surface area contributed by atoms with Gasteiger partial charge in [-0.15, -0.1) is 0 Å². The van der Waals surface area contributed by atoms with E-state index in [0.717, 1.165) is 44.6 Å². The van der Waals surface area contributed by atoms with Gasteiger partial charge in [0.1, 0.15) is 0 Å². The zero-order valence-corrected chi connectivity index (χ0v) is 12.1. The Morgan fingerprint density at radius 1 is 1.30 bits per heavy atom. The van der Waals surface area contributed by atoms with Crippen LogP contribution in [0.2, 0.25) is 5.02 Å². The van der Waals surface area contributed by atoms with Crippen molar-refractivity contribution in [3.8, 4) is 0 Å². The Morgan fingerprint density at radius 2 is 1.95 bits per heavy atom. The van der Waals surface area contributed by atoms with Gasteiger partial charge in [-0.3, -0.25) is 0 Å². The molecule has 1 heterocycles. The molecule has 0 atom stereocenters. The summed E-state index contributed by atoms with van der Waals surface area (Å²) >= 11 is 6.01. The van der Waals surface area contributed by atoms with Crippen LogP contribution in [0.15, 0.2) is 18.2 Å². The molecule has 1 saturated heterocycles. The first-order chi connectivity index (χ1) is 9.41. The van der Waals surface area contributed by atoms with Crippen LogP contribution in [0.25, 0.3) is 0 Å². The lowest BCUT2D eigenvalue weighted by molar-refractivity contribution is -0.137. The van der Waals surface area contributed by atoms with Gasteiger partial charge in [0.15, 0.2) is 0 Å². The zero-order valence-electron chi connectivity index (χ0n) is 11.3. The minimum Gasteiger partial charge on any atom is -0.370 e. The van der Waals surface area contributed by atoms with Gasteiger partial charge in [0.25, 0.3) is 0 Å². The Bertz CT molecular complexity index is 454. The van der Waals surface area contributed by atoms with Crippen molar-refractivity contribution in [2.24, 2.45) is 0 Å². The zero-order chi connectivity index (χ0) is 14.8. The first-order valence-corrected chi connectivity index (χ1v) is 7.14. The topological polar surface area (TPSA) is 15.3 Å². The summed E-state index contributed by atoms with van der Waals surface area (Å²) < 4.78 is 37.8. The predicted octanol–water partition coefficient (Wildman–Crippen LogP) is 3.94. The largest absolute Gasteiger partial charge is 0.416 e. The molecule has 1 aliphatic rings. The molecule has 1 aromatic carbocycles. The smallest absolute Gasteiger partial charge is 0.370 e. The third-order valence-corrected chi connectivity index (χ3v) is 3.91. The number of nitrogens with one attached hydrogen (secondary N) is 1. The number of rotatable bonds is 3. The minimum atomic E-state index is -4.35. The van der Waals surface area contributed by atoms with Gasteiger partial charge < -0.3 is 10.2 Å². The highest BCUT2D eigenvalue weighted by molar-refractivity contribution is 6.33. The van der Waals surface area contributed by atoms with E-state index in [1.807, 2.05) is 0 Å². The van der Waals surface area contributed by atoms with Crippen LogP contribution in [0.5, 0.6) is 0 Å². The molecular weight excluding hydrogens is 289 g/mol. The van der Waals surface area contributed by atoms with Crippen LogP contribution in [0.1, 0.15) is 25.3 Å². The van der Waals surface area contributed by atoms with Crippen LogP contribution in [-0.2, 0) is 6.18 Å². The van der Waals surface area contributed by atoms with E-state index in [1.165, 1.54) is 6.07 Å². The van der Waals surface area contributed by atoms with Gasteiger partial charge in [-0.1, -0.05) is 18.5 Å². The molecule has 20 heavy (non-hydrogen) atoms. The van der Waals surface area contributed by atoms with Crippen molar-refractivity contribution in [2.75, 3.05) is 24.5 Å². The minimum absolute atomic E-state index is 0.168. The van der Waals surface area contributed by atoms with Crippen LogP contribution in [-0.4, -0.2) is 25.7 Å². The molecule has 1 aromatic rings. The SMILES string of the molecule is CCNC1CCN(c2ccc(C(F)(F)F)cc2Cl)CC1. The second-order valence-electron chi connectivity index (χ2n) is 4.98. The van der Waals surface area contributed by atoms with Gasteiger partial charge in [-0.2, -0.15) is 13.2 Å². The Morgan fingerprint density at radius 3 is 2.45 bits per heavy atom. The van der Waals surface area contributed by atoms with E-state index in [2.05, 4.69) is 17.1 Å². The first kappa shape index (κ1) is 15.4. The van der Waals surface area contributed by atoms with Gasteiger partial charge in [0.2, 0.25) is 0 Å². The molecular formula is C14H18ClF3N2. The van der Waals surface area contributed by atoms with Crippen LogP contribution in [0.3, 0.4) is 0 Å². The number of halogens is 4. The normalized spacial score (nSPS) is 17.6. The summed E-state index contributed by atoms with van der Waals surface area (Å²) in [6.07, 6.45) is -2.39. The van der Waals surface area contributed by atoms with Crippen LogP contribution >= 0.6 is 11.6 Å². The summed E-state index contributed by atoms with van der Waals surface area (Å²) in [4.78, 5) is 2.05. The third-order valence-electron chi connectivity index (χ3n) is 3.60. The van der Waals surface area contributed by atoms with Crippen molar-refractivity contribution in [3.05, 3.63) is 28.8 Å². The van der Waals surface area contributed by atoms with E-state index >= 15 is 0 Å². The lowest BCUT2D eigenvalue weighted by Crippen LogP contribution is -2.42. The van der Waals surface area contributed by atoms with Crippen molar-refractivity contribution in [2.45, 2.75) is 32.0 Å². The molecule has 1 fully saturated rings. The molecule has 2 rings (SSSR count). The maximum atomic E-state index is 12.6. The Hall–Kier alpha value is -0.940. The van der Waals surface area contributed by atoms with Crippen LogP contribution < -0.4 is 10.2 Å². The molecule has 0 aromatic heterocycles. The van der Waals surface area contributed by atoms with Gasteiger partial charge in [0.05, 0.1) is 16.3 Å². The summed E-state index contributed by atoms with van der Waals surface area (Å²) in [6.45, 7) is 4.62. The van der Waals surface area contributed by atoms with Crippen molar-refractivity contribution in [1.82, 2.24) is 5.32 Å². The van der Waals surface area contributed by atoms with Gasteiger partial charge in [0, 0.05) is 19.1 Å². The molecule has 0 unspecified atom stereocenters. The van der Waals surface area contributed by atoms with Crippen molar-refractivity contribution in [3.63, 3.8) is 0 Å². The van der Waals surface area contributed by atoms with Gasteiger partial charge in [-0.25, -0.2) is 0 Å². The monoisotopic (exact) mass is 306 g/mol. The average Bonchev–Trinajstić information content (AvgIpc) is 2.39. The van der Waals surface area contributed by atoms with E-state index in [4.69, 9.17) is 11.6 Å².